The number of amides is 1. The quantitative estimate of drug-likeness (QED) is 0.0320. The van der Waals surface area contributed by atoms with Crippen molar-refractivity contribution in [2.24, 2.45) is 0 Å². The fourth-order valence-electron chi connectivity index (χ4n) is 12.3. The number of hydrogen-bond donors (Lipinski definition) is 3. The summed E-state index contributed by atoms with van der Waals surface area (Å²) in [6, 6.07) is -0.628. The minimum atomic E-state index is -0.844. The number of unbranched alkanes of at least 4 members (excludes halogenated alkanes) is 57. The van der Waals surface area contributed by atoms with E-state index in [-0.39, 0.29) is 18.5 Å². The van der Waals surface area contributed by atoms with Gasteiger partial charge in [0.15, 0.2) is 0 Å². The Morgan fingerprint density at radius 3 is 0.908 bits per heavy atom. The number of esters is 1. The van der Waals surface area contributed by atoms with E-state index in [1.165, 1.54) is 353 Å². The van der Waals surface area contributed by atoms with Gasteiger partial charge in [0.05, 0.1) is 25.4 Å². The second kappa shape index (κ2) is 76.3. The van der Waals surface area contributed by atoms with E-state index >= 15 is 0 Å². The molecule has 0 saturated heterocycles. The zero-order valence-corrected chi connectivity index (χ0v) is 58.8. The van der Waals surface area contributed by atoms with Crippen molar-refractivity contribution in [1.29, 1.82) is 0 Å². The molecule has 0 aliphatic rings. The van der Waals surface area contributed by atoms with Gasteiger partial charge in [-0.25, -0.2) is 0 Å². The summed E-state index contributed by atoms with van der Waals surface area (Å²) in [5.41, 5.74) is 0. The molecular weight excluding hydrogens is 1070 g/mol. The van der Waals surface area contributed by atoms with E-state index in [0.29, 0.717) is 19.4 Å². The lowest BCUT2D eigenvalue weighted by Crippen LogP contribution is -2.45. The molecule has 0 spiro atoms. The van der Waals surface area contributed by atoms with Crippen LogP contribution in [0.5, 0.6) is 0 Å². The Morgan fingerprint density at radius 2 is 0.575 bits per heavy atom. The monoisotopic (exact) mass is 1220 g/mol. The molecule has 1 amide bonds. The van der Waals surface area contributed by atoms with Crippen molar-refractivity contribution in [3.8, 4) is 0 Å². The summed E-state index contributed by atoms with van der Waals surface area (Å²) in [5.74, 6) is -0.0507. The number of carbonyl (C=O) groups is 2. The molecule has 0 heterocycles. The molecule has 0 aromatic rings. The van der Waals surface area contributed by atoms with E-state index < -0.39 is 12.1 Å². The van der Waals surface area contributed by atoms with E-state index in [1.807, 2.05) is 6.08 Å². The Hall–Kier alpha value is -2.18. The zero-order valence-electron chi connectivity index (χ0n) is 58.8. The highest BCUT2D eigenvalue weighted by Gasteiger charge is 2.18. The first-order valence-electron chi connectivity index (χ1n) is 39.4. The summed E-state index contributed by atoms with van der Waals surface area (Å²) < 4.78 is 5.50. The van der Waals surface area contributed by atoms with E-state index in [4.69, 9.17) is 4.74 Å². The first-order chi connectivity index (χ1) is 43.0. The average molecular weight is 1220 g/mol. The van der Waals surface area contributed by atoms with Crippen molar-refractivity contribution in [1.82, 2.24) is 5.32 Å². The van der Waals surface area contributed by atoms with Crippen LogP contribution in [0.1, 0.15) is 431 Å². The molecule has 0 aromatic heterocycles. The summed E-state index contributed by atoms with van der Waals surface area (Å²) in [6.07, 6.45) is 101. The molecule has 0 bridgehead atoms. The number of rotatable bonds is 74. The summed E-state index contributed by atoms with van der Waals surface area (Å²) in [7, 11) is 0. The van der Waals surface area contributed by atoms with Crippen LogP contribution in [0.4, 0.5) is 0 Å². The molecule has 3 N–H and O–H groups in total. The largest absolute Gasteiger partial charge is 0.466 e. The highest BCUT2D eigenvalue weighted by atomic mass is 16.5. The van der Waals surface area contributed by atoms with Crippen molar-refractivity contribution >= 4 is 11.9 Å². The molecule has 2 atom stereocenters. The fourth-order valence-corrected chi connectivity index (χ4v) is 12.3. The van der Waals surface area contributed by atoms with Crippen molar-refractivity contribution < 1.29 is 24.5 Å². The Labute approximate surface area is 544 Å². The van der Waals surface area contributed by atoms with Crippen LogP contribution in [0.25, 0.3) is 0 Å². The Balaban J connectivity index is 3.38. The second-order valence-electron chi connectivity index (χ2n) is 27.0. The van der Waals surface area contributed by atoms with E-state index in [0.717, 1.165) is 51.4 Å². The SMILES string of the molecule is CCCCC/C=C\C/C=C\CCCCCCCCCC(=O)OCCCCCCCCCCCCCC/C=C\CCCCCCCCCCCCCCCCCCC(=O)NC(CO)C(O)/C=C/CCCCCCCCCCCCCCCCCCCCC. The van der Waals surface area contributed by atoms with Gasteiger partial charge in [0.25, 0.3) is 0 Å². The zero-order chi connectivity index (χ0) is 62.8. The molecule has 0 saturated carbocycles. The number of allylic oxidation sites excluding steroid dienone is 7. The maximum atomic E-state index is 12.5. The van der Waals surface area contributed by atoms with Crippen LogP contribution >= 0.6 is 0 Å². The van der Waals surface area contributed by atoms with Crippen LogP contribution in [0.15, 0.2) is 48.6 Å². The Bertz CT molecular complexity index is 1450. The molecule has 6 heteroatoms. The standard InChI is InChI=1S/C81H153NO5/c1-3-5-7-9-11-13-15-17-19-21-22-35-38-42-45-49-53-57-61-65-69-73-79(84)78(77-83)82-80(85)74-70-66-62-58-54-50-46-43-39-36-33-31-29-27-25-23-24-26-28-30-32-34-37-40-44-48-52-56-60-64-68-72-76-87-81(86)75-71-67-63-59-55-51-47-41-20-18-16-14-12-10-8-6-4-2/h12,14,18,20,26,28,69,73,78-79,83-84H,3-11,13,15-17,19,21-25,27,29-68,70-72,74-77H2,1-2H3,(H,82,85)/b14-12-,20-18-,28-26-,73-69+. The van der Waals surface area contributed by atoms with Gasteiger partial charge in [-0.15, -0.1) is 0 Å². The average Bonchev–Trinajstić information content (AvgIpc) is 3.52. The van der Waals surface area contributed by atoms with Crippen molar-refractivity contribution in [3.05, 3.63) is 48.6 Å². The van der Waals surface area contributed by atoms with E-state index in [2.05, 4.69) is 55.6 Å². The maximum absolute atomic E-state index is 12.5. The molecule has 0 rings (SSSR count). The Morgan fingerprint density at radius 1 is 0.322 bits per heavy atom. The second-order valence-corrected chi connectivity index (χ2v) is 27.0. The fraction of sp³-hybridized carbons (Fsp3) is 0.877. The lowest BCUT2D eigenvalue weighted by molar-refractivity contribution is -0.143. The number of carbonyl (C=O) groups excluding carboxylic acids is 2. The predicted molar refractivity (Wildman–Crippen MR) is 384 cm³/mol. The number of nitrogens with one attached hydrogen (secondary N) is 1. The number of hydrogen-bond acceptors (Lipinski definition) is 5. The third-order valence-electron chi connectivity index (χ3n) is 18.3. The molecule has 0 aliphatic carbocycles. The van der Waals surface area contributed by atoms with Crippen LogP contribution in [-0.4, -0.2) is 47.4 Å². The van der Waals surface area contributed by atoms with Gasteiger partial charge in [-0.05, 0) is 89.9 Å². The van der Waals surface area contributed by atoms with E-state index in [9.17, 15) is 19.8 Å². The highest BCUT2D eigenvalue weighted by Crippen LogP contribution is 2.19. The normalized spacial score (nSPS) is 12.7. The minimum Gasteiger partial charge on any atom is -0.466 e. The van der Waals surface area contributed by atoms with Crippen LogP contribution in [-0.2, 0) is 14.3 Å². The Kier molecular flexibility index (Phi) is 74.4. The van der Waals surface area contributed by atoms with Gasteiger partial charge in [0, 0.05) is 12.8 Å². The first-order valence-corrected chi connectivity index (χ1v) is 39.4. The van der Waals surface area contributed by atoms with Crippen LogP contribution in [0, 0.1) is 0 Å². The molecule has 2 unspecified atom stereocenters. The van der Waals surface area contributed by atoms with Crippen LogP contribution in [0.3, 0.4) is 0 Å². The molecule has 0 aliphatic heterocycles. The molecule has 87 heavy (non-hydrogen) atoms. The summed E-state index contributed by atoms with van der Waals surface area (Å²) in [6.45, 7) is 4.92. The van der Waals surface area contributed by atoms with Crippen LogP contribution in [0.2, 0.25) is 0 Å². The van der Waals surface area contributed by atoms with Crippen molar-refractivity contribution in [2.45, 2.75) is 443 Å². The van der Waals surface area contributed by atoms with Crippen LogP contribution < -0.4 is 5.32 Å². The van der Waals surface area contributed by atoms with Gasteiger partial charge < -0.3 is 20.3 Å². The third kappa shape index (κ3) is 72.8. The van der Waals surface area contributed by atoms with Gasteiger partial charge in [-0.3, -0.25) is 9.59 Å². The van der Waals surface area contributed by atoms with Gasteiger partial charge in [0.2, 0.25) is 5.91 Å². The third-order valence-corrected chi connectivity index (χ3v) is 18.3. The predicted octanol–water partition coefficient (Wildman–Crippen LogP) is 26.0. The first kappa shape index (κ1) is 84.8. The lowest BCUT2D eigenvalue weighted by atomic mass is 10.0. The molecule has 0 aromatic carbocycles. The smallest absolute Gasteiger partial charge is 0.305 e. The number of aliphatic hydroxyl groups excluding tert-OH is 2. The van der Waals surface area contributed by atoms with Gasteiger partial charge in [-0.2, -0.15) is 0 Å². The minimum absolute atomic E-state index is 0.0106. The summed E-state index contributed by atoms with van der Waals surface area (Å²) >= 11 is 0. The number of aliphatic hydroxyl groups is 2. The van der Waals surface area contributed by atoms with Gasteiger partial charge in [-0.1, -0.05) is 377 Å². The van der Waals surface area contributed by atoms with E-state index in [1.54, 1.807) is 6.08 Å². The topological polar surface area (TPSA) is 95.9 Å². The van der Waals surface area contributed by atoms with Gasteiger partial charge in [0.1, 0.15) is 0 Å². The molecule has 0 radical (unpaired) electrons. The van der Waals surface area contributed by atoms with Crippen molar-refractivity contribution in [3.63, 3.8) is 0 Å². The highest BCUT2D eigenvalue weighted by molar-refractivity contribution is 5.76. The van der Waals surface area contributed by atoms with Gasteiger partial charge >= 0.3 is 5.97 Å². The summed E-state index contributed by atoms with van der Waals surface area (Å²) in [4.78, 5) is 24.6. The molecule has 6 nitrogen and oxygen atoms in total. The lowest BCUT2D eigenvalue weighted by Gasteiger charge is -2.20. The summed E-state index contributed by atoms with van der Waals surface area (Å²) in [5, 5.41) is 23.3. The maximum Gasteiger partial charge on any atom is 0.305 e. The number of ether oxygens (including phenoxy) is 1. The molecule has 0 fully saturated rings. The molecular formula is C81H153NO5. The van der Waals surface area contributed by atoms with Crippen molar-refractivity contribution in [2.75, 3.05) is 13.2 Å². The molecule has 512 valence electrons.